The predicted octanol–water partition coefficient (Wildman–Crippen LogP) is 3.95. The number of carbonyl (C=O) groups is 1. The number of benzene rings is 2. The van der Waals surface area contributed by atoms with Crippen molar-refractivity contribution in [2.75, 3.05) is 4.90 Å². The molecule has 3 heterocycles. The minimum Gasteiger partial charge on any atom is -0.508 e. The SMILES string of the molecule is Cc1cccc(N2C(=O)c3oc4ccccc4c(=O)c3[C@@H]2c2cccc(O)c2)n1. The van der Waals surface area contributed by atoms with E-state index in [4.69, 9.17) is 4.42 Å². The fourth-order valence-electron chi connectivity index (χ4n) is 3.83. The summed E-state index contributed by atoms with van der Waals surface area (Å²) in [6, 6.07) is 18.0. The second-order valence-electron chi connectivity index (χ2n) is 6.98. The van der Waals surface area contributed by atoms with Crippen LogP contribution in [0.15, 0.2) is 75.9 Å². The van der Waals surface area contributed by atoms with Crippen molar-refractivity contribution in [3.8, 4) is 5.75 Å². The first-order valence-electron chi connectivity index (χ1n) is 9.16. The molecule has 1 amide bonds. The van der Waals surface area contributed by atoms with E-state index in [1.165, 1.54) is 4.90 Å². The fourth-order valence-corrected chi connectivity index (χ4v) is 3.83. The van der Waals surface area contributed by atoms with Crippen molar-refractivity contribution in [3.05, 3.63) is 99.5 Å². The molecular weight excluding hydrogens is 368 g/mol. The van der Waals surface area contributed by atoms with E-state index in [-0.39, 0.29) is 22.5 Å². The molecule has 0 fully saturated rings. The number of carbonyl (C=O) groups excluding carboxylic acids is 1. The Labute approximate surface area is 165 Å². The van der Waals surface area contributed by atoms with Crippen LogP contribution in [0.5, 0.6) is 5.75 Å². The third-order valence-corrected chi connectivity index (χ3v) is 5.08. The fraction of sp³-hybridized carbons (Fsp3) is 0.0870. The van der Waals surface area contributed by atoms with E-state index in [0.29, 0.717) is 22.4 Å². The van der Waals surface area contributed by atoms with E-state index < -0.39 is 11.9 Å². The minimum absolute atomic E-state index is 0.00495. The second-order valence-corrected chi connectivity index (χ2v) is 6.98. The van der Waals surface area contributed by atoms with Gasteiger partial charge in [0.1, 0.15) is 17.2 Å². The van der Waals surface area contributed by atoms with Crippen molar-refractivity contribution in [1.29, 1.82) is 0 Å². The Hall–Kier alpha value is -3.93. The molecule has 1 N–H and O–H groups in total. The maximum atomic E-state index is 13.4. The Bertz CT molecular complexity index is 1340. The van der Waals surface area contributed by atoms with Gasteiger partial charge in [0.15, 0.2) is 5.43 Å². The summed E-state index contributed by atoms with van der Waals surface area (Å²) in [5, 5.41) is 10.4. The molecule has 2 aromatic carbocycles. The van der Waals surface area contributed by atoms with Gasteiger partial charge in [-0.15, -0.1) is 0 Å². The maximum absolute atomic E-state index is 13.4. The lowest BCUT2D eigenvalue weighted by atomic mass is 9.98. The summed E-state index contributed by atoms with van der Waals surface area (Å²) in [5.74, 6) is 0.0311. The van der Waals surface area contributed by atoms with Gasteiger partial charge in [0.25, 0.3) is 5.91 Å². The second kappa shape index (κ2) is 6.31. The molecule has 0 unspecified atom stereocenters. The molecule has 0 radical (unpaired) electrons. The summed E-state index contributed by atoms with van der Waals surface area (Å²) in [5.41, 5.74) is 1.69. The van der Waals surface area contributed by atoms with Crippen LogP contribution in [0.3, 0.4) is 0 Å². The van der Waals surface area contributed by atoms with Crippen molar-refractivity contribution in [2.24, 2.45) is 0 Å². The van der Waals surface area contributed by atoms with Gasteiger partial charge in [0.2, 0.25) is 5.76 Å². The van der Waals surface area contributed by atoms with Crippen molar-refractivity contribution in [2.45, 2.75) is 13.0 Å². The average Bonchev–Trinajstić information content (AvgIpc) is 3.01. The van der Waals surface area contributed by atoms with Gasteiger partial charge in [-0.25, -0.2) is 4.98 Å². The number of aryl methyl sites for hydroxylation is 1. The summed E-state index contributed by atoms with van der Waals surface area (Å²) < 4.78 is 5.88. The molecule has 142 valence electrons. The van der Waals surface area contributed by atoms with Crippen molar-refractivity contribution in [1.82, 2.24) is 4.98 Å². The van der Waals surface area contributed by atoms with E-state index >= 15 is 0 Å². The number of anilines is 1. The first-order chi connectivity index (χ1) is 14.0. The van der Waals surface area contributed by atoms with Gasteiger partial charge < -0.3 is 9.52 Å². The number of aromatic nitrogens is 1. The molecule has 1 aliphatic rings. The molecule has 6 nitrogen and oxygen atoms in total. The Balaban J connectivity index is 1.84. The quantitative estimate of drug-likeness (QED) is 0.566. The summed E-state index contributed by atoms with van der Waals surface area (Å²) in [7, 11) is 0. The van der Waals surface area contributed by atoms with E-state index in [0.717, 1.165) is 5.69 Å². The number of phenolic OH excluding ortho intramolecular Hbond substituents is 1. The largest absolute Gasteiger partial charge is 0.508 e. The first kappa shape index (κ1) is 17.2. The highest BCUT2D eigenvalue weighted by molar-refractivity contribution is 6.10. The number of phenols is 1. The number of hydrogen-bond acceptors (Lipinski definition) is 5. The van der Waals surface area contributed by atoms with Crippen LogP contribution in [-0.2, 0) is 0 Å². The van der Waals surface area contributed by atoms with E-state index in [1.54, 1.807) is 60.7 Å². The Kier molecular flexibility index (Phi) is 3.74. The van der Waals surface area contributed by atoms with Gasteiger partial charge in [-0.3, -0.25) is 14.5 Å². The first-order valence-corrected chi connectivity index (χ1v) is 9.16. The monoisotopic (exact) mass is 384 g/mol. The van der Waals surface area contributed by atoms with Crippen LogP contribution in [0.2, 0.25) is 0 Å². The molecule has 1 atom stereocenters. The minimum atomic E-state index is -0.750. The zero-order valence-electron chi connectivity index (χ0n) is 15.5. The van der Waals surface area contributed by atoms with Gasteiger partial charge in [0.05, 0.1) is 17.0 Å². The van der Waals surface area contributed by atoms with Gasteiger partial charge in [-0.2, -0.15) is 0 Å². The molecule has 0 spiro atoms. The van der Waals surface area contributed by atoms with Gasteiger partial charge in [-0.05, 0) is 48.9 Å². The molecule has 4 aromatic rings. The van der Waals surface area contributed by atoms with Crippen LogP contribution in [0, 0.1) is 6.92 Å². The molecular formula is C23H16N2O4. The van der Waals surface area contributed by atoms with Crippen LogP contribution in [0.25, 0.3) is 11.0 Å². The highest BCUT2D eigenvalue weighted by Crippen LogP contribution is 2.41. The molecule has 0 aliphatic carbocycles. The molecule has 0 saturated heterocycles. The molecule has 29 heavy (non-hydrogen) atoms. The lowest BCUT2D eigenvalue weighted by Gasteiger charge is -2.24. The van der Waals surface area contributed by atoms with Gasteiger partial charge in [0, 0.05) is 5.69 Å². The molecule has 2 aromatic heterocycles. The number of amides is 1. The Morgan fingerprint density at radius 3 is 2.59 bits per heavy atom. The normalized spacial score (nSPS) is 15.7. The number of fused-ring (bicyclic) bond motifs is 2. The predicted molar refractivity (Wildman–Crippen MR) is 108 cm³/mol. The highest BCUT2D eigenvalue weighted by Gasteiger charge is 2.44. The lowest BCUT2D eigenvalue weighted by molar-refractivity contribution is 0.0970. The summed E-state index contributed by atoms with van der Waals surface area (Å²) >= 11 is 0. The molecule has 0 bridgehead atoms. The third-order valence-electron chi connectivity index (χ3n) is 5.08. The number of para-hydroxylation sites is 1. The zero-order chi connectivity index (χ0) is 20.1. The molecule has 1 aliphatic heterocycles. The molecule has 6 heteroatoms. The van der Waals surface area contributed by atoms with Crippen molar-refractivity contribution < 1.29 is 14.3 Å². The van der Waals surface area contributed by atoms with E-state index in [1.807, 2.05) is 13.0 Å². The van der Waals surface area contributed by atoms with Gasteiger partial charge in [-0.1, -0.05) is 30.3 Å². The zero-order valence-corrected chi connectivity index (χ0v) is 15.5. The van der Waals surface area contributed by atoms with Gasteiger partial charge >= 0.3 is 0 Å². The van der Waals surface area contributed by atoms with Crippen LogP contribution >= 0.6 is 0 Å². The lowest BCUT2D eigenvalue weighted by Crippen LogP contribution is -2.30. The van der Waals surface area contributed by atoms with Crippen molar-refractivity contribution >= 4 is 22.7 Å². The molecule has 0 saturated carbocycles. The standard InChI is InChI=1S/C23H16N2O4/c1-13-6-4-11-18(24-13)25-20(14-7-5-8-15(26)12-14)19-21(27)16-9-2-3-10-17(16)29-22(19)23(25)28/h2-12,20,26H,1H3/t20-/m0/s1. The van der Waals surface area contributed by atoms with Crippen LogP contribution in [0.4, 0.5) is 5.82 Å². The maximum Gasteiger partial charge on any atom is 0.296 e. The number of nitrogens with zero attached hydrogens (tertiary/aromatic N) is 2. The Morgan fingerprint density at radius 2 is 1.79 bits per heavy atom. The number of aromatic hydroxyl groups is 1. The highest BCUT2D eigenvalue weighted by atomic mass is 16.3. The summed E-state index contributed by atoms with van der Waals surface area (Å²) in [4.78, 5) is 32.7. The number of hydrogen-bond donors (Lipinski definition) is 1. The summed E-state index contributed by atoms with van der Waals surface area (Å²) in [6.45, 7) is 1.83. The van der Waals surface area contributed by atoms with Crippen LogP contribution in [0.1, 0.15) is 33.4 Å². The van der Waals surface area contributed by atoms with E-state index in [9.17, 15) is 14.7 Å². The van der Waals surface area contributed by atoms with Crippen LogP contribution < -0.4 is 10.3 Å². The number of rotatable bonds is 2. The Morgan fingerprint density at radius 1 is 1.00 bits per heavy atom. The summed E-state index contributed by atoms with van der Waals surface area (Å²) in [6.07, 6.45) is 0. The van der Waals surface area contributed by atoms with E-state index in [2.05, 4.69) is 4.98 Å². The third kappa shape index (κ3) is 2.61. The van der Waals surface area contributed by atoms with Crippen molar-refractivity contribution in [3.63, 3.8) is 0 Å². The smallest absolute Gasteiger partial charge is 0.296 e. The average molecular weight is 384 g/mol. The molecule has 5 rings (SSSR count). The number of pyridine rings is 1. The topological polar surface area (TPSA) is 83.6 Å². The van der Waals surface area contributed by atoms with Crippen LogP contribution in [-0.4, -0.2) is 16.0 Å².